The lowest BCUT2D eigenvalue weighted by Gasteiger charge is -2.10. The van der Waals surface area contributed by atoms with Crippen LogP contribution >= 0.6 is 12.4 Å². The molecule has 0 spiro atoms. The highest BCUT2D eigenvalue weighted by Gasteiger charge is 2.53. The summed E-state index contributed by atoms with van der Waals surface area (Å²) in [5.41, 5.74) is 3.57. The smallest absolute Gasteiger partial charge is 0.224 e. The van der Waals surface area contributed by atoms with Crippen LogP contribution in [0.25, 0.3) is 0 Å². The van der Waals surface area contributed by atoms with E-state index in [0.717, 1.165) is 18.7 Å². The van der Waals surface area contributed by atoms with E-state index in [0.29, 0.717) is 24.3 Å². The van der Waals surface area contributed by atoms with E-state index in [2.05, 4.69) is 42.7 Å². The third kappa shape index (κ3) is 2.93. The van der Waals surface area contributed by atoms with Gasteiger partial charge in [0, 0.05) is 19.1 Å². The maximum atomic E-state index is 12.0. The molecular formula is C15H21ClN2O. The van der Waals surface area contributed by atoms with Gasteiger partial charge in [-0.25, -0.2) is 0 Å². The van der Waals surface area contributed by atoms with Gasteiger partial charge < -0.3 is 10.6 Å². The molecular weight excluding hydrogens is 260 g/mol. The van der Waals surface area contributed by atoms with Crippen molar-refractivity contribution in [3.05, 3.63) is 34.9 Å². The molecule has 0 bridgehead atoms. The maximum Gasteiger partial charge on any atom is 0.224 e. The number of hydrogen-bond donors (Lipinski definition) is 2. The van der Waals surface area contributed by atoms with Gasteiger partial charge in [-0.05, 0) is 36.8 Å². The van der Waals surface area contributed by atoms with Crippen molar-refractivity contribution < 1.29 is 4.79 Å². The van der Waals surface area contributed by atoms with Crippen molar-refractivity contribution >= 4 is 18.3 Å². The molecule has 0 radical (unpaired) electrons. The Morgan fingerprint density at radius 2 is 2.00 bits per heavy atom. The van der Waals surface area contributed by atoms with Crippen LogP contribution in [0.1, 0.15) is 16.7 Å². The van der Waals surface area contributed by atoms with Gasteiger partial charge in [-0.15, -0.1) is 12.4 Å². The van der Waals surface area contributed by atoms with Gasteiger partial charge in [0.15, 0.2) is 0 Å². The summed E-state index contributed by atoms with van der Waals surface area (Å²) in [6, 6.07) is 6.73. The summed E-state index contributed by atoms with van der Waals surface area (Å²) in [6.45, 7) is 6.27. The number of hydrogen-bond acceptors (Lipinski definition) is 2. The average Bonchev–Trinajstić information content (AvgIpc) is 2.76. The molecule has 3 rings (SSSR count). The number of aryl methyl sites for hydroxylation is 2. The third-order valence-electron chi connectivity index (χ3n) is 4.27. The Labute approximate surface area is 120 Å². The number of rotatable bonds is 3. The molecule has 1 saturated carbocycles. The van der Waals surface area contributed by atoms with Crippen molar-refractivity contribution in [2.24, 2.45) is 11.8 Å². The minimum atomic E-state index is 0. The predicted molar refractivity (Wildman–Crippen MR) is 78.6 cm³/mol. The van der Waals surface area contributed by atoms with Crippen molar-refractivity contribution in [3.63, 3.8) is 0 Å². The number of halogens is 1. The highest BCUT2D eigenvalue weighted by atomic mass is 35.5. The molecule has 2 atom stereocenters. The summed E-state index contributed by atoms with van der Waals surface area (Å²) in [5.74, 6) is 1.54. The van der Waals surface area contributed by atoms with Crippen molar-refractivity contribution in [2.45, 2.75) is 26.3 Å². The molecule has 1 aromatic rings. The van der Waals surface area contributed by atoms with Crippen LogP contribution in [0.5, 0.6) is 0 Å². The monoisotopic (exact) mass is 280 g/mol. The topological polar surface area (TPSA) is 41.1 Å². The number of amides is 1. The van der Waals surface area contributed by atoms with Gasteiger partial charge in [0.2, 0.25) is 5.91 Å². The van der Waals surface area contributed by atoms with Crippen molar-refractivity contribution in [3.8, 4) is 0 Å². The molecule has 19 heavy (non-hydrogen) atoms. The zero-order valence-electron chi connectivity index (χ0n) is 11.4. The predicted octanol–water partition coefficient (Wildman–Crippen LogP) is 1.60. The van der Waals surface area contributed by atoms with E-state index in [4.69, 9.17) is 0 Å². The zero-order valence-corrected chi connectivity index (χ0v) is 12.2. The highest BCUT2D eigenvalue weighted by molar-refractivity contribution is 5.85. The van der Waals surface area contributed by atoms with E-state index in [1.165, 1.54) is 11.1 Å². The van der Waals surface area contributed by atoms with Crippen LogP contribution in [0.3, 0.4) is 0 Å². The number of carbonyl (C=O) groups excluding carboxylic acids is 1. The molecule has 1 amide bonds. The second-order valence-electron chi connectivity index (χ2n) is 5.69. The first-order valence-electron chi connectivity index (χ1n) is 6.71. The Hall–Kier alpha value is -1.06. The summed E-state index contributed by atoms with van der Waals surface area (Å²) in [4.78, 5) is 12.0. The van der Waals surface area contributed by atoms with Gasteiger partial charge in [-0.1, -0.05) is 23.8 Å². The Bertz CT molecular complexity index is 479. The number of benzene rings is 1. The number of carbonyl (C=O) groups is 1. The largest absolute Gasteiger partial charge is 0.352 e. The van der Waals surface area contributed by atoms with E-state index >= 15 is 0 Å². The molecule has 1 aromatic carbocycles. The van der Waals surface area contributed by atoms with Crippen molar-refractivity contribution in [1.29, 1.82) is 0 Å². The van der Waals surface area contributed by atoms with Gasteiger partial charge in [-0.3, -0.25) is 4.79 Å². The number of piperidine rings is 1. The normalized spacial score (nSPS) is 27.4. The van der Waals surface area contributed by atoms with E-state index in [1.54, 1.807) is 0 Å². The van der Waals surface area contributed by atoms with Gasteiger partial charge >= 0.3 is 0 Å². The molecule has 2 N–H and O–H groups in total. The maximum absolute atomic E-state index is 12.0. The Balaban J connectivity index is 0.00000133. The fourth-order valence-corrected chi connectivity index (χ4v) is 3.03. The molecule has 3 nitrogen and oxygen atoms in total. The fraction of sp³-hybridized carbons (Fsp3) is 0.533. The number of fused-ring (bicyclic) bond motifs is 1. The van der Waals surface area contributed by atoms with Crippen molar-refractivity contribution in [2.75, 3.05) is 13.1 Å². The van der Waals surface area contributed by atoms with E-state index in [9.17, 15) is 4.79 Å². The molecule has 104 valence electrons. The van der Waals surface area contributed by atoms with E-state index in [1.807, 2.05) is 0 Å². The molecule has 0 aromatic heterocycles. The van der Waals surface area contributed by atoms with Gasteiger partial charge in [0.1, 0.15) is 0 Å². The summed E-state index contributed by atoms with van der Waals surface area (Å²) >= 11 is 0. The standard InChI is InChI=1S/C15H20N2O.ClH/c1-9-3-4-10(2)11(5-9)6-14(18)17-15-12-7-16-8-13(12)15;/h3-5,12-13,15-16H,6-8H2,1-2H3,(H,17,18);1H. The second kappa shape index (κ2) is 5.51. The van der Waals surface area contributed by atoms with Gasteiger partial charge in [0.05, 0.1) is 6.42 Å². The second-order valence-corrected chi connectivity index (χ2v) is 5.69. The van der Waals surface area contributed by atoms with Crippen molar-refractivity contribution in [1.82, 2.24) is 10.6 Å². The molecule has 2 fully saturated rings. The van der Waals surface area contributed by atoms with Crippen LogP contribution in [-0.2, 0) is 11.2 Å². The summed E-state index contributed by atoms with van der Waals surface area (Å²) < 4.78 is 0. The Kier molecular flexibility index (Phi) is 4.16. The summed E-state index contributed by atoms with van der Waals surface area (Å²) in [6.07, 6.45) is 0.511. The minimum absolute atomic E-state index is 0. The first-order valence-corrected chi connectivity index (χ1v) is 6.71. The SMILES string of the molecule is Cc1ccc(C)c(CC(=O)NC2C3CNCC32)c1.Cl. The summed E-state index contributed by atoms with van der Waals surface area (Å²) in [5, 5.41) is 6.51. The molecule has 1 saturated heterocycles. The lowest BCUT2D eigenvalue weighted by Crippen LogP contribution is -2.33. The first kappa shape index (κ1) is 14.4. The number of nitrogens with one attached hydrogen (secondary N) is 2. The van der Waals surface area contributed by atoms with Crippen LogP contribution in [-0.4, -0.2) is 25.0 Å². The molecule has 2 unspecified atom stereocenters. The van der Waals surface area contributed by atoms with Gasteiger partial charge in [0.25, 0.3) is 0 Å². The zero-order chi connectivity index (χ0) is 12.7. The Morgan fingerprint density at radius 3 is 2.68 bits per heavy atom. The summed E-state index contributed by atoms with van der Waals surface area (Å²) in [7, 11) is 0. The van der Waals surface area contributed by atoms with E-state index in [-0.39, 0.29) is 18.3 Å². The molecule has 1 aliphatic heterocycles. The highest BCUT2D eigenvalue weighted by Crippen LogP contribution is 2.41. The van der Waals surface area contributed by atoms with Crippen LogP contribution in [0.4, 0.5) is 0 Å². The molecule has 4 heteroatoms. The Morgan fingerprint density at radius 1 is 1.32 bits per heavy atom. The van der Waals surface area contributed by atoms with Crippen LogP contribution in [0.2, 0.25) is 0 Å². The third-order valence-corrected chi connectivity index (χ3v) is 4.27. The molecule has 1 aliphatic carbocycles. The quantitative estimate of drug-likeness (QED) is 0.883. The van der Waals surface area contributed by atoms with Crippen LogP contribution in [0.15, 0.2) is 18.2 Å². The molecule has 1 heterocycles. The fourth-order valence-electron chi connectivity index (χ4n) is 3.03. The lowest BCUT2D eigenvalue weighted by atomic mass is 10.0. The molecule has 2 aliphatic rings. The first-order chi connectivity index (χ1) is 8.65. The average molecular weight is 281 g/mol. The van der Waals surface area contributed by atoms with Crippen LogP contribution < -0.4 is 10.6 Å². The van der Waals surface area contributed by atoms with E-state index < -0.39 is 0 Å². The minimum Gasteiger partial charge on any atom is -0.352 e. The van der Waals surface area contributed by atoms with Crippen LogP contribution in [0, 0.1) is 25.7 Å². The van der Waals surface area contributed by atoms with Gasteiger partial charge in [-0.2, -0.15) is 0 Å². The lowest BCUT2D eigenvalue weighted by molar-refractivity contribution is -0.120.